The van der Waals surface area contributed by atoms with Crippen molar-refractivity contribution >= 4 is 28.2 Å². The van der Waals surface area contributed by atoms with Gasteiger partial charge in [-0.3, -0.25) is 9.69 Å². The van der Waals surface area contributed by atoms with Gasteiger partial charge in [0.15, 0.2) is 0 Å². The number of aromatic nitrogens is 2. The van der Waals surface area contributed by atoms with Gasteiger partial charge in [0.2, 0.25) is 5.91 Å². The van der Waals surface area contributed by atoms with E-state index in [1.807, 2.05) is 43.5 Å². The van der Waals surface area contributed by atoms with Crippen molar-refractivity contribution in [1.29, 1.82) is 0 Å². The average molecular weight is 346 g/mol. The van der Waals surface area contributed by atoms with Crippen molar-refractivity contribution in [1.82, 2.24) is 14.9 Å². The highest BCUT2D eigenvalue weighted by Gasteiger charge is 2.17. The van der Waals surface area contributed by atoms with Gasteiger partial charge < -0.3 is 10.3 Å². The first-order valence-electron chi connectivity index (χ1n) is 8.89. The summed E-state index contributed by atoms with van der Waals surface area (Å²) in [6.07, 6.45) is 6.98. The second-order valence-corrected chi connectivity index (χ2v) is 6.73. The smallest absolute Gasteiger partial charge is 0.238 e. The van der Waals surface area contributed by atoms with E-state index in [2.05, 4.69) is 32.3 Å². The first-order valence-corrected chi connectivity index (χ1v) is 8.89. The maximum absolute atomic E-state index is 12.3. The molecule has 0 aliphatic carbocycles. The number of pyridine rings is 1. The second kappa shape index (κ2) is 7.14. The number of nitrogens with zero attached hydrogens (tertiary/aromatic N) is 2. The van der Waals surface area contributed by atoms with Crippen molar-refractivity contribution in [2.45, 2.75) is 13.3 Å². The first kappa shape index (κ1) is 16.5. The number of carbonyl (C=O) groups is 1. The minimum Gasteiger partial charge on any atom is -0.346 e. The zero-order chi connectivity index (χ0) is 17.9. The van der Waals surface area contributed by atoms with Crippen LogP contribution in [0.1, 0.15) is 17.5 Å². The highest BCUT2D eigenvalue weighted by Crippen LogP contribution is 2.28. The minimum absolute atomic E-state index is 0.0312. The van der Waals surface area contributed by atoms with Crippen molar-refractivity contribution in [3.8, 4) is 0 Å². The largest absolute Gasteiger partial charge is 0.346 e. The number of nitrogens with one attached hydrogen (secondary N) is 2. The predicted octanol–water partition coefficient (Wildman–Crippen LogP) is 3.60. The SMILES string of the molecule is Cc1cccc(NC(=O)CN2CC=C(c3c[nH]c4ncccc34)CC2)c1. The first-order chi connectivity index (χ1) is 12.7. The third-order valence-electron chi connectivity index (χ3n) is 4.76. The lowest BCUT2D eigenvalue weighted by atomic mass is 9.99. The van der Waals surface area contributed by atoms with Crippen molar-refractivity contribution in [3.05, 3.63) is 66.0 Å². The number of hydrogen-bond donors (Lipinski definition) is 2. The zero-order valence-corrected chi connectivity index (χ0v) is 14.8. The Morgan fingerprint density at radius 2 is 2.23 bits per heavy atom. The summed E-state index contributed by atoms with van der Waals surface area (Å²) < 4.78 is 0. The summed E-state index contributed by atoms with van der Waals surface area (Å²) in [6.45, 7) is 4.09. The highest BCUT2D eigenvalue weighted by molar-refractivity contribution is 5.93. The topological polar surface area (TPSA) is 61.0 Å². The highest BCUT2D eigenvalue weighted by atomic mass is 16.2. The summed E-state index contributed by atoms with van der Waals surface area (Å²) in [6, 6.07) is 11.9. The summed E-state index contributed by atoms with van der Waals surface area (Å²) in [5.74, 6) is 0.0312. The Kier molecular flexibility index (Phi) is 4.54. The number of aryl methyl sites for hydroxylation is 1. The number of anilines is 1. The molecule has 5 heteroatoms. The standard InChI is InChI=1S/C21H22N4O/c1-15-4-2-5-17(12-15)24-20(26)14-25-10-7-16(8-11-25)19-13-23-21-18(19)6-3-9-22-21/h2-7,9,12-13H,8,10-11,14H2,1H3,(H,22,23)(H,24,26). The number of aromatic amines is 1. The molecule has 3 heterocycles. The van der Waals surface area contributed by atoms with Crippen LogP contribution in [0.25, 0.3) is 16.6 Å². The molecule has 2 aromatic heterocycles. The zero-order valence-electron chi connectivity index (χ0n) is 14.8. The van der Waals surface area contributed by atoms with E-state index in [1.165, 1.54) is 11.1 Å². The van der Waals surface area contributed by atoms with E-state index >= 15 is 0 Å². The van der Waals surface area contributed by atoms with Crippen LogP contribution in [0.4, 0.5) is 5.69 Å². The molecule has 0 atom stereocenters. The maximum atomic E-state index is 12.3. The predicted molar refractivity (Wildman–Crippen MR) is 105 cm³/mol. The van der Waals surface area contributed by atoms with E-state index in [0.717, 1.165) is 41.8 Å². The summed E-state index contributed by atoms with van der Waals surface area (Å²) in [4.78, 5) is 22.0. The lowest BCUT2D eigenvalue weighted by Crippen LogP contribution is -2.36. The Morgan fingerprint density at radius 3 is 3.04 bits per heavy atom. The molecule has 0 unspecified atom stereocenters. The van der Waals surface area contributed by atoms with Crippen LogP contribution in [-0.4, -0.2) is 40.4 Å². The quantitative estimate of drug-likeness (QED) is 0.759. The number of fused-ring (bicyclic) bond motifs is 1. The molecule has 0 radical (unpaired) electrons. The number of benzene rings is 1. The fraction of sp³-hybridized carbons (Fsp3) is 0.238. The Balaban J connectivity index is 1.39. The Morgan fingerprint density at radius 1 is 1.31 bits per heavy atom. The van der Waals surface area contributed by atoms with Gasteiger partial charge >= 0.3 is 0 Å². The van der Waals surface area contributed by atoms with Gasteiger partial charge in [-0.25, -0.2) is 4.98 Å². The lowest BCUT2D eigenvalue weighted by molar-refractivity contribution is -0.117. The van der Waals surface area contributed by atoms with Crippen LogP contribution >= 0.6 is 0 Å². The molecule has 5 nitrogen and oxygen atoms in total. The summed E-state index contributed by atoms with van der Waals surface area (Å²) in [7, 11) is 0. The third-order valence-corrected chi connectivity index (χ3v) is 4.76. The number of hydrogen-bond acceptors (Lipinski definition) is 3. The molecule has 1 aliphatic rings. The van der Waals surface area contributed by atoms with Crippen LogP contribution < -0.4 is 5.32 Å². The molecule has 3 aromatic rings. The monoisotopic (exact) mass is 346 g/mol. The number of amides is 1. The molecule has 2 N–H and O–H groups in total. The van der Waals surface area contributed by atoms with Crippen LogP contribution in [0.5, 0.6) is 0 Å². The molecule has 26 heavy (non-hydrogen) atoms. The van der Waals surface area contributed by atoms with E-state index in [0.29, 0.717) is 6.54 Å². The molecule has 132 valence electrons. The van der Waals surface area contributed by atoms with Crippen LogP contribution in [0.15, 0.2) is 54.9 Å². The van der Waals surface area contributed by atoms with Crippen LogP contribution in [0, 0.1) is 6.92 Å². The fourth-order valence-electron chi connectivity index (χ4n) is 3.45. The van der Waals surface area contributed by atoms with Gasteiger partial charge in [0, 0.05) is 42.1 Å². The van der Waals surface area contributed by atoms with Crippen molar-refractivity contribution in [3.63, 3.8) is 0 Å². The third kappa shape index (κ3) is 3.53. The summed E-state index contributed by atoms with van der Waals surface area (Å²) in [5, 5.41) is 4.14. The molecule has 4 rings (SSSR count). The normalized spacial score (nSPS) is 15.0. The van der Waals surface area contributed by atoms with E-state index in [4.69, 9.17) is 0 Å². The molecular formula is C21H22N4O. The van der Waals surface area contributed by atoms with Crippen molar-refractivity contribution in [2.75, 3.05) is 25.0 Å². The van der Waals surface area contributed by atoms with Crippen LogP contribution in [0.3, 0.4) is 0 Å². The van der Waals surface area contributed by atoms with Gasteiger partial charge in [0.25, 0.3) is 0 Å². The van der Waals surface area contributed by atoms with Crippen LogP contribution in [-0.2, 0) is 4.79 Å². The molecule has 1 aliphatic heterocycles. The second-order valence-electron chi connectivity index (χ2n) is 6.73. The fourth-order valence-corrected chi connectivity index (χ4v) is 3.45. The maximum Gasteiger partial charge on any atom is 0.238 e. The van der Waals surface area contributed by atoms with E-state index in [9.17, 15) is 4.79 Å². The van der Waals surface area contributed by atoms with Crippen molar-refractivity contribution < 1.29 is 4.79 Å². The minimum atomic E-state index is 0.0312. The van der Waals surface area contributed by atoms with Gasteiger partial charge in [-0.1, -0.05) is 18.2 Å². The Labute approximate surface area is 152 Å². The number of rotatable bonds is 4. The Hall–Kier alpha value is -2.92. The Bertz CT molecular complexity index is 973. The van der Waals surface area contributed by atoms with E-state index < -0.39 is 0 Å². The van der Waals surface area contributed by atoms with Gasteiger partial charge in [-0.15, -0.1) is 0 Å². The summed E-state index contributed by atoms with van der Waals surface area (Å²) >= 11 is 0. The molecule has 1 aromatic carbocycles. The molecule has 0 saturated carbocycles. The van der Waals surface area contributed by atoms with Crippen LogP contribution in [0.2, 0.25) is 0 Å². The van der Waals surface area contributed by atoms with E-state index in [1.54, 1.807) is 6.20 Å². The molecular weight excluding hydrogens is 324 g/mol. The molecule has 0 saturated heterocycles. The van der Waals surface area contributed by atoms with Gasteiger partial charge in [0.1, 0.15) is 5.65 Å². The van der Waals surface area contributed by atoms with Crippen molar-refractivity contribution in [2.24, 2.45) is 0 Å². The van der Waals surface area contributed by atoms with Gasteiger partial charge in [0.05, 0.1) is 6.54 Å². The molecule has 1 amide bonds. The van der Waals surface area contributed by atoms with Gasteiger partial charge in [-0.2, -0.15) is 0 Å². The van der Waals surface area contributed by atoms with E-state index in [-0.39, 0.29) is 5.91 Å². The van der Waals surface area contributed by atoms with Gasteiger partial charge in [-0.05, 0) is 48.7 Å². The molecule has 0 bridgehead atoms. The number of H-pyrrole nitrogens is 1. The average Bonchev–Trinajstić information content (AvgIpc) is 3.06. The molecule has 0 fully saturated rings. The summed E-state index contributed by atoms with van der Waals surface area (Å²) in [5.41, 5.74) is 5.45. The molecule has 0 spiro atoms. The lowest BCUT2D eigenvalue weighted by Gasteiger charge is -2.25. The number of carbonyl (C=O) groups excluding carboxylic acids is 1.